The highest BCUT2D eigenvalue weighted by Crippen LogP contribution is 2.28. The molecule has 1 fully saturated rings. The fourth-order valence-electron chi connectivity index (χ4n) is 2.49. The molecule has 1 aromatic heterocycles. The van der Waals surface area contributed by atoms with Crippen molar-refractivity contribution in [3.05, 3.63) is 42.2 Å². The van der Waals surface area contributed by atoms with Gasteiger partial charge in [-0.25, -0.2) is 0 Å². The van der Waals surface area contributed by atoms with Crippen LogP contribution in [0.15, 0.2) is 40.8 Å². The van der Waals surface area contributed by atoms with Crippen LogP contribution in [0.3, 0.4) is 0 Å². The summed E-state index contributed by atoms with van der Waals surface area (Å²) < 4.78 is 11.4. The second-order valence-corrected chi connectivity index (χ2v) is 4.87. The van der Waals surface area contributed by atoms with E-state index in [-0.39, 0.29) is 0 Å². The molecule has 0 radical (unpaired) electrons. The van der Waals surface area contributed by atoms with E-state index in [2.05, 4.69) is 0 Å². The zero-order valence-corrected chi connectivity index (χ0v) is 10.7. The van der Waals surface area contributed by atoms with Crippen molar-refractivity contribution < 1.29 is 13.9 Å². The predicted octanol–water partition coefficient (Wildman–Crippen LogP) is 4.08. The van der Waals surface area contributed by atoms with Crippen LogP contribution in [0.4, 0.5) is 0 Å². The minimum atomic E-state index is 0.345. The van der Waals surface area contributed by atoms with E-state index in [1.807, 2.05) is 24.3 Å². The summed E-state index contributed by atoms with van der Waals surface area (Å²) >= 11 is 0. The van der Waals surface area contributed by atoms with Crippen LogP contribution in [0.2, 0.25) is 0 Å². The average Bonchev–Trinajstić information content (AvgIpc) is 3.09. The van der Waals surface area contributed by atoms with E-state index in [1.165, 1.54) is 12.8 Å². The van der Waals surface area contributed by atoms with Gasteiger partial charge in [-0.3, -0.25) is 4.79 Å². The monoisotopic (exact) mass is 256 g/mol. The summed E-state index contributed by atoms with van der Waals surface area (Å²) in [6.45, 7) is 0. The Morgan fingerprint density at radius 2 is 2.00 bits per heavy atom. The Labute approximate surface area is 112 Å². The fraction of sp³-hybridized carbons (Fsp3) is 0.312. The fourth-order valence-corrected chi connectivity index (χ4v) is 2.49. The lowest BCUT2D eigenvalue weighted by Crippen LogP contribution is -2.10. The van der Waals surface area contributed by atoms with Gasteiger partial charge in [-0.05, 0) is 49.9 Å². The van der Waals surface area contributed by atoms with Crippen LogP contribution >= 0.6 is 0 Å². The van der Waals surface area contributed by atoms with Crippen molar-refractivity contribution in [1.29, 1.82) is 0 Å². The summed E-state index contributed by atoms with van der Waals surface area (Å²) in [5, 5.41) is 0. The summed E-state index contributed by atoms with van der Waals surface area (Å²) in [6.07, 6.45) is 5.84. The summed E-state index contributed by atoms with van der Waals surface area (Å²) in [5.41, 5.74) is 0.934. The van der Waals surface area contributed by atoms with Crippen molar-refractivity contribution in [2.45, 2.75) is 31.8 Å². The van der Waals surface area contributed by atoms with Gasteiger partial charge in [0.05, 0.1) is 6.10 Å². The number of carbonyl (C=O) groups excluding carboxylic acids is 1. The van der Waals surface area contributed by atoms with Crippen molar-refractivity contribution in [2.75, 3.05) is 0 Å². The summed E-state index contributed by atoms with van der Waals surface area (Å²) in [5.74, 6) is 1.91. The first-order valence-electron chi connectivity index (χ1n) is 6.67. The zero-order chi connectivity index (χ0) is 13.1. The molecule has 0 bridgehead atoms. The maximum atomic E-state index is 10.6. The van der Waals surface area contributed by atoms with Crippen molar-refractivity contribution in [3.63, 3.8) is 0 Å². The molecule has 1 aliphatic carbocycles. The minimum absolute atomic E-state index is 0.345. The molecule has 0 saturated heterocycles. The molecule has 3 nitrogen and oxygen atoms in total. The third-order valence-corrected chi connectivity index (χ3v) is 3.47. The molecule has 1 saturated carbocycles. The maximum absolute atomic E-state index is 10.6. The topological polar surface area (TPSA) is 39.4 Å². The Morgan fingerprint density at radius 3 is 2.74 bits per heavy atom. The Kier molecular flexibility index (Phi) is 3.36. The molecule has 0 unspecified atom stereocenters. The molecule has 2 aromatic rings. The van der Waals surface area contributed by atoms with Crippen molar-refractivity contribution >= 4 is 6.29 Å². The summed E-state index contributed by atoms with van der Waals surface area (Å²) in [7, 11) is 0. The third kappa shape index (κ3) is 2.70. The zero-order valence-electron chi connectivity index (χ0n) is 10.7. The van der Waals surface area contributed by atoms with Gasteiger partial charge in [-0.15, -0.1) is 0 Å². The molecule has 1 heterocycles. The Balaban J connectivity index is 1.80. The van der Waals surface area contributed by atoms with Gasteiger partial charge >= 0.3 is 0 Å². The summed E-state index contributed by atoms with van der Waals surface area (Å²) in [6, 6.07) is 11.3. The Hall–Kier alpha value is -2.03. The van der Waals surface area contributed by atoms with Crippen LogP contribution in [-0.4, -0.2) is 12.4 Å². The first kappa shape index (κ1) is 12.0. The number of ether oxygens (including phenoxy) is 1. The second-order valence-electron chi connectivity index (χ2n) is 4.87. The molecule has 3 rings (SSSR count). The normalized spacial score (nSPS) is 15.6. The van der Waals surface area contributed by atoms with Gasteiger partial charge in [0.1, 0.15) is 11.5 Å². The van der Waals surface area contributed by atoms with Gasteiger partial charge in [0.25, 0.3) is 0 Å². The van der Waals surface area contributed by atoms with E-state index in [0.717, 1.165) is 24.2 Å². The lowest BCUT2D eigenvalue weighted by atomic mass is 10.1. The molecule has 98 valence electrons. The lowest BCUT2D eigenvalue weighted by Gasteiger charge is -2.13. The Morgan fingerprint density at radius 1 is 1.16 bits per heavy atom. The standard InChI is InChI=1S/C16H16O3/c17-11-15-8-9-16(19-15)12-4-3-7-14(10-12)18-13-5-1-2-6-13/h3-4,7-11,13H,1-2,5-6H2. The van der Waals surface area contributed by atoms with Gasteiger partial charge in [0, 0.05) is 5.56 Å². The number of aldehydes is 1. The Bertz CT molecular complexity index is 565. The molecule has 1 aromatic carbocycles. The molecule has 19 heavy (non-hydrogen) atoms. The predicted molar refractivity (Wildman–Crippen MR) is 72.4 cm³/mol. The number of carbonyl (C=O) groups is 1. The molecule has 3 heteroatoms. The van der Waals surface area contributed by atoms with Gasteiger partial charge in [-0.2, -0.15) is 0 Å². The molecule has 0 amide bonds. The van der Waals surface area contributed by atoms with Crippen LogP contribution in [0.5, 0.6) is 5.75 Å². The highest BCUT2D eigenvalue weighted by Gasteiger charge is 2.16. The van der Waals surface area contributed by atoms with Crippen LogP contribution in [0, 0.1) is 0 Å². The van der Waals surface area contributed by atoms with Gasteiger partial charge < -0.3 is 9.15 Å². The van der Waals surface area contributed by atoms with Crippen LogP contribution in [0.1, 0.15) is 36.2 Å². The van der Waals surface area contributed by atoms with Crippen molar-refractivity contribution in [3.8, 4) is 17.1 Å². The number of furan rings is 1. The number of hydrogen-bond donors (Lipinski definition) is 0. The largest absolute Gasteiger partial charge is 0.490 e. The maximum Gasteiger partial charge on any atom is 0.185 e. The van der Waals surface area contributed by atoms with E-state index in [4.69, 9.17) is 9.15 Å². The van der Waals surface area contributed by atoms with Crippen molar-refractivity contribution in [2.24, 2.45) is 0 Å². The minimum Gasteiger partial charge on any atom is -0.490 e. The molecule has 0 spiro atoms. The molecule has 1 aliphatic rings. The second kappa shape index (κ2) is 5.31. The highest BCUT2D eigenvalue weighted by atomic mass is 16.5. The van der Waals surface area contributed by atoms with E-state index in [9.17, 15) is 4.79 Å². The lowest BCUT2D eigenvalue weighted by molar-refractivity contribution is 0.110. The molecular formula is C16H16O3. The quantitative estimate of drug-likeness (QED) is 0.774. The van der Waals surface area contributed by atoms with Gasteiger partial charge in [0.15, 0.2) is 12.0 Å². The SMILES string of the molecule is O=Cc1ccc(-c2cccc(OC3CCCC3)c2)o1. The van der Waals surface area contributed by atoms with E-state index in [0.29, 0.717) is 23.9 Å². The molecule has 0 aliphatic heterocycles. The van der Waals surface area contributed by atoms with Crippen LogP contribution in [-0.2, 0) is 0 Å². The smallest absolute Gasteiger partial charge is 0.185 e. The van der Waals surface area contributed by atoms with E-state index in [1.54, 1.807) is 12.1 Å². The molecule has 0 atom stereocenters. The first-order chi connectivity index (χ1) is 9.35. The number of hydrogen-bond acceptors (Lipinski definition) is 3. The van der Waals surface area contributed by atoms with E-state index < -0.39 is 0 Å². The van der Waals surface area contributed by atoms with E-state index >= 15 is 0 Å². The van der Waals surface area contributed by atoms with Crippen LogP contribution < -0.4 is 4.74 Å². The van der Waals surface area contributed by atoms with Gasteiger partial charge in [-0.1, -0.05) is 12.1 Å². The van der Waals surface area contributed by atoms with Crippen LogP contribution in [0.25, 0.3) is 11.3 Å². The average molecular weight is 256 g/mol. The molecular weight excluding hydrogens is 240 g/mol. The number of rotatable bonds is 4. The third-order valence-electron chi connectivity index (χ3n) is 3.47. The highest BCUT2D eigenvalue weighted by molar-refractivity contribution is 5.73. The van der Waals surface area contributed by atoms with Gasteiger partial charge in [0.2, 0.25) is 0 Å². The first-order valence-corrected chi connectivity index (χ1v) is 6.67. The van der Waals surface area contributed by atoms with Crippen molar-refractivity contribution in [1.82, 2.24) is 0 Å². The molecule has 0 N–H and O–H groups in total. The summed E-state index contributed by atoms with van der Waals surface area (Å²) in [4.78, 5) is 10.6. The number of benzene rings is 1.